The third-order valence-electron chi connectivity index (χ3n) is 4.85. The first-order chi connectivity index (χ1) is 11.2. The van der Waals surface area contributed by atoms with Crippen molar-refractivity contribution < 1.29 is 0 Å². The van der Waals surface area contributed by atoms with Gasteiger partial charge >= 0.3 is 0 Å². The largest absolute Gasteiger partial charge is 0.370 e. The van der Waals surface area contributed by atoms with Crippen molar-refractivity contribution in [1.29, 1.82) is 0 Å². The number of nitrogens with zero attached hydrogens (tertiary/aromatic N) is 3. The lowest BCUT2D eigenvalue weighted by Gasteiger charge is -2.21. The summed E-state index contributed by atoms with van der Waals surface area (Å²) in [5, 5.41) is 6.60. The van der Waals surface area contributed by atoms with Crippen molar-refractivity contribution in [3.63, 3.8) is 0 Å². The van der Waals surface area contributed by atoms with Gasteiger partial charge in [-0.15, -0.1) is 0 Å². The number of pyridine rings is 2. The van der Waals surface area contributed by atoms with Crippen LogP contribution < -0.4 is 21.1 Å². The molecule has 0 amide bonds. The van der Waals surface area contributed by atoms with E-state index in [1.807, 2.05) is 30.5 Å². The molecule has 4 heterocycles. The van der Waals surface area contributed by atoms with Crippen molar-refractivity contribution in [2.24, 2.45) is 18.9 Å². The fourth-order valence-corrected chi connectivity index (χ4v) is 3.60. The fraction of sp³-hybridized carbons (Fsp3) is 0.412. The molecule has 2 unspecified atom stereocenters. The third kappa shape index (κ3) is 2.70. The van der Waals surface area contributed by atoms with E-state index < -0.39 is 0 Å². The van der Waals surface area contributed by atoms with Crippen LogP contribution in [0.5, 0.6) is 0 Å². The van der Waals surface area contributed by atoms with Crippen molar-refractivity contribution in [3.05, 3.63) is 47.0 Å². The van der Waals surface area contributed by atoms with E-state index in [1.165, 1.54) is 0 Å². The van der Waals surface area contributed by atoms with Crippen LogP contribution in [0, 0.1) is 11.8 Å². The van der Waals surface area contributed by atoms with Crippen molar-refractivity contribution in [1.82, 2.24) is 14.9 Å². The molecule has 23 heavy (non-hydrogen) atoms. The zero-order chi connectivity index (χ0) is 15.8. The molecule has 0 aromatic carbocycles. The quantitative estimate of drug-likeness (QED) is 0.891. The fourth-order valence-electron chi connectivity index (χ4n) is 3.60. The summed E-state index contributed by atoms with van der Waals surface area (Å²) in [5.74, 6) is 2.13. The Morgan fingerprint density at radius 2 is 2.04 bits per heavy atom. The first-order valence-electron chi connectivity index (χ1n) is 8.05. The van der Waals surface area contributed by atoms with Crippen LogP contribution in [-0.2, 0) is 7.05 Å². The van der Waals surface area contributed by atoms with Crippen LogP contribution in [0.25, 0.3) is 0 Å². The van der Waals surface area contributed by atoms with Crippen molar-refractivity contribution in [3.8, 4) is 0 Å². The van der Waals surface area contributed by atoms with E-state index in [0.29, 0.717) is 11.5 Å². The average Bonchev–Trinajstić information content (AvgIpc) is 3.14. The molecule has 0 radical (unpaired) electrons. The lowest BCUT2D eigenvalue weighted by atomic mass is 10.0. The first-order valence-corrected chi connectivity index (χ1v) is 8.05. The molecule has 2 aromatic heterocycles. The van der Waals surface area contributed by atoms with Gasteiger partial charge in [-0.2, -0.15) is 0 Å². The third-order valence-corrected chi connectivity index (χ3v) is 4.85. The number of hydrogen-bond acceptors (Lipinski definition) is 5. The topological polar surface area (TPSA) is 62.2 Å². The second kappa shape index (κ2) is 5.70. The highest BCUT2D eigenvalue weighted by Gasteiger charge is 2.36. The predicted molar refractivity (Wildman–Crippen MR) is 91.3 cm³/mol. The number of aromatic nitrogens is 2. The minimum atomic E-state index is -0.0412. The molecule has 2 aliphatic rings. The molecule has 120 valence electrons. The molecular formula is C17H21N5O. The number of anilines is 3. The van der Waals surface area contributed by atoms with Gasteiger partial charge in [0.05, 0.1) is 5.69 Å². The van der Waals surface area contributed by atoms with E-state index in [9.17, 15) is 4.79 Å². The van der Waals surface area contributed by atoms with Crippen LogP contribution >= 0.6 is 0 Å². The standard InChI is InChI=1S/C17H21N5O/c1-21-11-14(22-9-12-7-18-8-13(12)10-22)6-15(17(21)23)20-16-4-2-3-5-19-16/h2-6,11-13,18H,7-10H2,1H3,(H,19,20). The summed E-state index contributed by atoms with van der Waals surface area (Å²) in [5.41, 5.74) is 1.62. The van der Waals surface area contributed by atoms with E-state index >= 15 is 0 Å². The van der Waals surface area contributed by atoms with Gasteiger partial charge in [0, 0.05) is 45.6 Å². The SMILES string of the molecule is Cn1cc(N2CC3CNCC3C2)cc(Nc2ccccn2)c1=O. The van der Waals surface area contributed by atoms with Gasteiger partial charge in [-0.05, 0) is 30.0 Å². The summed E-state index contributed by atoms with van der Waals surface area (Å²) in [6, 6.07) is 7.57. The van der Waals surface area contributed by atoms with Crippen LogP contribution in [0.1, 0.15) is 0 Å². The van der Waals surface area contributed by atoms with Gasteiger partial charge in [-0.25, -0.2) is 4.98 Å². The Balaban J connectivity index is 1.63. The smallest absolute Gasteiger partial charge is 0.274 e. The number of rotatable bonds is 3. The van der Waals surface area contributed by atoms with Crippen molar-refractivity contribution in [2.45, 2.75) is 0 Å². The highest BCUT2D eigenvalue weighted by molar-refractivity contribution is 5.62. The molecule has 0 spiro atoms. The van der Waals surface area contributed by atoms with E-state index in [-0.39, 0.29) is 5.56 Å². The minimum absolute atomic E-state index is 0.0412. The molecule has 4 rings (SSSR count). The molecule has 2 aliphatic heterocycles. The van der Waals surface area contributed by atoms with Crippen molar-refractivity contribution >= 4 is 17.2 Å². The summed E-state index contributed by atoms with van der Waals surface area (Å²) in [7, 11) is 1.80. The highest BCUT2D eigenvalue weighted by Crippen LogP contribution is 2.31. The predicted octanol–water partition coefficient (Wildman–Crippen LogP) is 1.18. The first kappa shape index (κ1) is 14.3. The lowest BCUT2D eigenvalue weighted by molar-refractivity contribution is 0.533. The number of aryl methyl sites for hydroxylation is 1. The maximum absolute atomic E-state index is 12.4. The Kier molecular flexibility index (Phi) is 3.53. The molecule has 6 heteroatoms. The van der Waals surface area contributed by atoms with Gasteiger partial charge in [0.2, 0.25) is 0 Å². The molecule has 0 saturated carbocycles. The minimum Gasteiger partial charge on any atom is -0.370 e. The van der Waals surface area contributed by atoms with E-state index in [2.05, 4.69) is 20.5 Å². The number of fused-ring (bicyclic) bond motifs is 1. The molecule has 0 bridgehead atoms. The Hall–Kier alpha value is -2.34. The molecule has 2 aromatic rings. The van der Waals surface area contributed by atoms with E-state index in [1.54, 1.807) is 17.8 Å². The zero-order valence-corrected chi connectivity index (χ0v) is 13.2. The van der Waals surface area contributed by atoms with Gasteiger partial charge in [0.1, 0.15) is 11.5 Å². The van der Waals surface area contributed by atoms with E-state index in [4.69, 9.17) is 0 Å². The van der Waals surface area contributed by atoms with Crippen LogP contribution in [0.2, 0.25) is 0 Å². The highest BCUT2D eigenvalue weighted by atomic mass is 16.1. The molecule has 2 saturated heterocycles. The van der Waals surface area contributed by atoms with Gasteiger partial charge in [-0.3, -0.25) is 4.79 Å². The summed E-state index contributed by atoms with van der Waals surface area (Å²) >= 11 is 0. The maximum Gasteiger partial charge on any atom is 0.274 e. The van der Waals surface area contributed by atoms with Crippen LogP contribution in [-0.4, -0.2) is 35.7 Å². The molecule has 2 N–H and O–H groups in total. The van der Waals surface area contributed by atoms with Crippen molar-refractivity contribution in [2.75, 3.05) is 36.4 Å². The second-order valence-electron chi connectivity index (χ2n) is 6.45. The van der Waals surface area contributed by atoms with Gasteiger partial charge in [0.25, 0.3) is 5.56 Å². The second-order valence-corrected chi connectivity index (χ2v) is 6.45. The van der Waals surface area contributed by atoms with Gasteiger partial charge in [0.15, 0.2) is 0 Å². The Morgan fingerprint density at radius 3 is 2.74 bits per heavy atom. The average molecular weight is 311 g/mol. The monoisotopic (exact) mass is 311 g/mol. The Morgan fingerprint density at radius 1 is 1.26 bits per heavy atom. The Bertz CT molecular complexity index is 745. The summed E-state index contributed by atoms with van der Waals surface area (Å²) < 4.78 is 1.65. The van der Waals surface area contributed by atoms with Gasteiger partial charge < -0.3 is 20.1 Å². The normalized spacial score (nSPS) is 23.1. The molecule has 6 nitrogen and oxygen atoms in total. The summed E-state index contributed by atoms with van der Waals surface area (Å²) in [6.07, 6.45) is 3.64. The molecule has 0 aliphatic carbocycles. The van der Waals surface area contributed by atoms with E-state index in [0.717, 1.165) is 43.7 Å². The summed E-state index contributed by atoms with van der Waals surface area (Å²) in [4.78, 5) is 19.0. The van der Waals surface area contributed by atoms with Crippen LogP contribution in [0.4, 0.5) is 17.2 Å². The molecular weight excluding hydrogens is 290 g/mol. The summed E-state index contributed by atoms with van der Waals surface area (Å²) in [6.45, 7) is 4.32. The van der Waals surface area contributed by atoms with Gasteiger partial charge in [-0.1, -0.05) is 6.07 Å². The van der Waals surface area contributed by atoms with Crippen LogP contribution in [0.15, 0.2) is 41.5 Å². The van der Waals surface area contributed by atoms with Crippen LogP contribution in [0.3, 0.4) is 0 Å². The molecule has 2 atom stereocenters. The number of hydrogen-bond donors (Lipinski definition) is 2. The maximum atomic E-state index is 12.4. The number of nitrogens with one attached hydrogen (secondary N) is 2. The molecule has 2 fully saturated rings. The lowest BCUT2D eigenvalue weighted by Crippen LogP contribution is -2.28. The zero-order valence-electron chi connectivity index (χ0n) is 13.2. The Labute approximate surface area is 135 Å².